The molecule has 0 radical (unpaired) electrons. The Morgan fingerprint density at radius 1 is 0.480 bits per heavy atom. The fraction of sp³-hybridized carbons (Fsp3) is 0.308. The molecule has 0 fully saturated rings. The maximum atomic E-state index is 13.5. The molecule has 11 heteroatoms. The molecule has 0 aliphatic carbocycles. The Labute approximate surface area is 291 Å². The zero-order chi connectivity index (χ0) is 34.5. The highest BCUT2D eigenvalue weighted by Gasteiger charge is 2.15. The Balaban J connectivity index is 1.30. The molecular formula is C39H38N2O9. The highest BCUT2D eigenvalue weighted by atomic mass is 16.6. The minimum Gasteiger partial charge on any atom is -0.487 e. The van der Waals surface area contributed by atoms with Crippen LogP contribution in [-0.2, 0) is 23.7 Å². The van der Waals surface area contributed by atoms with Crippen molar-refractivity contribution < 1.29 is 42.7 Å². The third-order valence-corrected chi connectivity index (χ3v) is 6.82. The molecule has 0 spiro atoms. The van der Waals surface area contributed by atoms with E-state index in [9.17, 15) is 4.79 Å². The van der Waals surface area contributed by atoms with Crippen LogP contribution in [0.2, 0.25) is 0 Å². The highest BCUT2D eigenvalue weighted by Crippen LogP contribution is 2.29. The lowest BCUT2D eigenvalue weighted by Gasteiger charge is -2.15. The maximum Gasteiger partial charge on any atom is 0.343 e. The number of aromatic nitrogens is 2. The molecule has 50 heavy (non-hydrogen) atoms. The van der Waals surface area contributed by atoms with Gasteiger partial charge in [-0.1, -0.05) is 23.7 Å². The fourth-order valence-electron chi connectivity index (χ4n) is 4.40. The molecule has 258 valence electrons. The minimum absolute atomic E-state index is 0.226. The topological polar surface area (TPSA) is 117 Å². The number of pyridine rings is 2. The minimum atomic E-state index is -0.591. The van der Waals surface area contributed by atoms with Crippen molar-refractivity contribution >= 4 is 5.97 Å². The van der Waals surface area contributed by atoms with Crippen LogP contribution >= 0.6 is 0 Å². The molecule has 0 amide bonds. The van der Waals surface area contributed by atoms with Crippen LogP contribution in [0.15, 0.2) is 85.5 Å². The molecule has 0 atom stereocenters. The van der Waals surface area contributed by atoms with Gasteiger partial charge in [-0.25, -0.2) is 4.79 Å². The Morgan fingerprint density at radius 3 is 1.38 bits per heavy atom. The number of ether oxygens (including phenoxy) is 8. The molecule has 0 saturated heterocycles. The molecule has 0 saturated carbocycles. The Kier molecular flexibility index (Phi) is 15.1. The van der Waals surface area contributed by atoms with E-state index in [1.165, 1.54) is 0 Å². The molecule has 5 rings (SSSR count). The molecule has 4 aromatic rings. The predicted molar refractivity (Wildman–Crippen MR) is 183 cm³/mol. The maximum absolute atomic E-state index is 13.5. The smallest absolute Gasteiger partial charge is 0.343 e. The van der Waals surface area contributed by atoms with Crippen molar-refractivity contribution in [3.8, 4) is 40.9 Å². The number of hydrogen-bond acceptors (Lipinski definition) is 11. The molecule has 2 aromatic carbocycles. The fourth-order valence-corrected chi connectivity index (χ4v) is 4.40. The van der Waals surface area contributed by atoms with E-state index in [2.05, 4.69) is 33.6 Å². The first kappa shape index (κ1) is 36.0. The summed E-state index contributed by atoms with van der Waals surface area (Å²) in [5.74, 6) is 13.0. The molecule has 1 aliphatic heterocycles. The van der Waals surface area contributed by atoms with E-state index >= 15 is 0 Å². The number of rotatable bonds is 2. The van der Waals surface area contributed by atoms with Gasteiger partial charge in [0.25, 0.3) is 0 Å². The molecular weight excluding hydrogens is 640 g/mol. The van der Waals surface area contributed by atoms with Gasteiger partial charge in [0.15, 0.2) is 11.5 Å². The van der Waals surface area contributed by atoms with Crippen LogP contribution in [-0.4, -0.2) is 95.2 Å². The summed E-state index contributed by atoms with van der Waals surface area (Å²) >= 11 is 0. The second-order valence-corrected chi connectivity index (χ2v) is 10.5. The summed E-state index contributed by atoms with van der Waals surface area (Å²) in [5, 5.41) is 0. The van der Waals surface area contributed by atoms with Gasteiger partial charge in [0.2, 0.25) is 0 Å². The number of fused-ring (bicyclic) bond motifs is 1. The van der Waals surface area contributed by atoms with Crippen molar-refractivity contribution in [3.63, 3.8) is 0 Å². The number of hydrogen-bond donors (Lipinski definition) is 0. The van der Waals surface area contributed by atoms with E-state index in [4.69, 9.17) is 37.9 Å². The van der Waals surface area contributed by atoms with Crippen molar-refractivity contribution in [1.29, 1.82) is 0 Å². The summed E-state index contributed by atoms with van der Waals surface area (Å²) < 4.78 is 45.5. The second kappa shape index (κ2) is 21.0. The van der Waals surface area contributed by atoms with Gasteiger partial charge in [0.05, 0.1) is 71.6 Å². The molecule has 3 heterocycles. The van der Waals surface area contributed by atoms with Crippen LogP contribution in [0.4, 0.5) is 0 Å². The van der Waals surface area contributed by atoms with Gasteiger partial charge < -0.3 is 37.9 Å². The number of esters is 1. The first-order valence-electron chi connectivity index (χ1n) is 16.2. The quantitative estimate of drug-likeness (QED) is 0.171. The average molecular weight is 679 g/mol. The first-order chi connectivity index (χ1) is 24.7. The van der Waals surface area contributed by atoms with Crippen LogP contribution in [0.3, 0.4) is 0 Å². The van der Waals surface area contributed by atoms with Crippen molar-refractivity contribution in [2.45, 2.75) is 0 Å². The molecule has 0 bridgehead atoms. The monoisotopic (exact) mass is 678 g/mol. The van der Waals surface area contributed by atoms with E-state index < -0.39 is 5.97 Å². The normalized spacial score (nSPS) is 15.1. The zero-order valence-corrected chi connectivity index (χ0v) is 27.6. The lowest BCUT2D eigenvalue weighted by Crippen LogP contribution is -2.14. The van der Waals surface area contributed by atoms with Crippen LogP contribution in [0.25, 0.3) is 0 Å². The SMILES string of the molecule is O=C(Oc1cc(C#Cc2ccncc2)cc(C#Cc2ccncc2)c1)c1ccc2c(c1)OCCOCCOCCOCCOCCOCCO2. The standard InChI is InChI=1S/C39H38N2O9/c42-39(50-36-28-33(3-1-31-7-11-40-12-8-31)27-34(29-36)4-2-32-9-13-41-14-10-32)35-5-6-37-38(30-35)49-26-24-47-22-20-45-18-16-43-15-17-44-19-21-46-23-25-48-37/h5-14,27-30H,15-26H2. The van der Waals surface area contributed by atoms with E-state index in [0.717, 1.165) is 11.1 Å². The summed E-state index contributed by atoms with van der Waals surface area (Å²) in [4.78, 5) is 21.5. The van der Waals surface area contributed by atoms with E-state index in [1.807, 2.05) is 30.3 Å². The average Bonchev–Trinajstić information content (AvgIpc) is 3.15. The van der Waals surface area contributed by atoms with Crippen LogP contribution in [0.1, 0.15) is 32.6 Å². The zero-order valence-electron chi connectivity index (χ0n) is 27.6. The van der Waals surface area contributed by atoms with Gasteiger partial charge in [-0.15, -0.1) is 0 Å². The third-order valence-electron chi connectivity index (χ3n) is 6.82. The van der Waals surface area contributed by atoms with Crippen molar-refractivity contribution in [1.82, 2.24) is 9.97 Å². The number of carbonyl (C=O) groups is 1. The Morgan fingerprint density at radius 2 is 0.900 bits per heavy atom. The lowest BCUT2D eigenvalue weighted by molar-refractivity contribution is -0.0134. The summed E-state index contributed by atoms with van der Waals surface area (Å²) in [6.45, 7) is 4.77. The van der Waals surface area contributed by atoms with Gasteiger partial charge >= 0.3 is 5.97 Å². The third kappa shape index (κ3) is 13.0. The van der Waals surface area contributed by atoms with E-state index in [1.54, 1.807) is 55.1 Å². The largest absolute Gasteiger partial charge is 0.487 e. The highest BCUT2D eigenvalue weighted by molar-refractivity contribution is 5.92. The molecule has 2 aromatic heterocycles. The first-order valence-corrected chi connectivity index (χ1v) is 16.2. The summed E-state index contributed by atoms with van der Waals surface area (Å²) in [7, 11) is 0. The number of carbonyl (C=O) groups excluding carboxylic acids is 1. The second-order valence-electron chi connectivity index (χ2n) is 10.5. The van der Waals surface area contributed by atoms with Crippen molar-refractivity contribution in [3.05, 3.63) is 113 Å². The Hall–Kier alpha value is -5.27. The summed E-state index contributed by atoms with van der Waals surface area (Å²) in [5.41, 5.74) is 3.11. The van der Waals surface area contributed by atoms with Gasteiger partial charge in [-0.05, 0) is 60.7 Å². The van der Waals surface area contributed by atoms with Gasteiger partial charge in [-0.3, -0.25) is 9.97 Å². The van der Waals surface area contributed by atoms with Gasteiger partial charge in [0, 0.05) is 47.0 Å². The number of nitrogens with zero attached hydrogens (tertiary/aromatic N) is 2. The number of benzene rings is 2. The molecule has 0 N–H and O–H groups in total. The molecule has 0 unspecified atom stereocenters. The Bertz CT molecular complexity index is 1690. The molecule has 11 nitrogen and oxygen atoms in total. The van der Waals surface area contributed by atoms with Crippen LogP contribution in [0.5, 0.6) is 17.2 Å². The summed E-state index contributed by atoms with van der Waals surface area (Å²) in [6.07, 6.45) is 6.70. The summed E-state index contributed by atoms with van der Waals surface area (Å²) in [6, 6.07) is 17.4. The van der Waals surface area contributed by atoms with Crippen LogP contribution < -0.4 is 14.2 Å². The van der Waals surface area contributed by atoms with E-state index in [-0.39, 0.29) is 24.5 Å². The lowest BCUT2D eigenvalue weighted by atomic mass is 10.1. The van der Waals surface area contributed by atoms with Gasteiger partial charge in [-0.2, -0.15) is 0 Å². The van der Waals surface area contributed by atoms with Crippen molar-refractivity contribution in [2.24, 2.45) is 0 Å². The van der Waals surface area contributed by atoms with Gasteiger partial charge in [0.1, 0.15) is 19.0 Å². The molecule has 1 aliphatic rings. The van der Waals surface area contributed by atoms with Crippen molar-refractivity contribution in [2.75, 3.05) is 79.3 Å². The van der Waals surface area contributed by atoms with E-state index in [0.29, 0.717) is 88.7 Å². The predicted octanol–water partition coefficient (Wildman–Crippen LogP) is 4.35. The van der Waals surface area contributed by atoms with Crippen LogP contribution in [0, 0.1) is 23.7 Å².